The van der Waals surface area contributed by atoms with Gasteiger partial charge in [-0.3, -0.25) is 0 Å². The van der Waals surface area contributed by atoms with E-state index in [0.717, 1.165) is 49.2 Å². The van der Waals surface area contributed by atoms with Crippen molar-refractivity contribution in [2.45, 2.75) is 39.3 Å². The van der Waals surface area contributed by atoms with Gasteiger partial charge in [0, 0.05) is 45.1 Å². The Bertz CT molecular complexity index is 639. The van der Waals surface area contributed by atoms with E-state index in [2.05, 4.69) is 43.5 Å². The Kier molecular flexibility index (Phi) is 4.33. The van der Waals surface area contributed by atoms with Crippen LogP contribution in [0.2, 0.25) is 0 Å². The van der Waals surface area contributed by atoms with Crippen LogP contribution in [0.3, 0.4) is 0 Å². The van der Waals surface area contributed by atoms with E-state index in [9.17, 15) is 0 Å². The van der Waals surface area contributed by atoms with Crippen molar-refractivity contribution in [3.05, 3.63) is 29.7 Å². The molecule has 1 aliphatic rings. The van der Waals surface area contributed by atoms with Crippen molar-refractivity contribution in [2.75, 3.05) is 25.1 Å². The number of fused-ring (bicyclic) bond motifs is 1. The van der Waals surface area contributed by atoms with Gasteiger partial charge in [0.25, 0.3) is 0 Å². The van der Waals surface area contributed by atoms with E-state index in [1.54, 1.807) is 13.4 Å². The summed E-state index contributed by atoms with van der Waals surface area (Å²) in [7, 11) is 1.67. The monoisotopic (exact) mass is 302 g/mol. The molecule has 0 N–H and O–H groups in total. The molecule has 0 saturated carbocycles. The molecule has 0 unspecified atom stereocenters. The predicted octanol–water partition coefficient (Wildman–Crippen LogP) is 1.40. The van der Waals surface area contributed by atoms with Crippen molar-refractivity contribution in [2.24, 2.45) is 0 Å². The van der Waals surface area contributed by atoms with Crippen molar-refractivity contribution < 1.29 is 4.74 Å². The molecule has 0 atom stereocenters. The van der Waals surface area contributed by atoms with Crippen molar-refractivity contribution in [3.63, 3.8) is 0 Å². The van der Waals surface area contributed by atoms with E-state index in [4.69, 9.17) is 4.74 Å². The standard InChI is InChI=1S/C15H22N6O/c1-11(2)15-19-18-13-4-5-20(6-7-21(13)15)14-8-12(9-22-3)16-10-17-14/h8,10-11H,4-7,9H2,1-3H3. The second-order valence-electron chi connectivity index (χ2n) is 5.82. The molecule has 0 saturated heterocycles. The minimum Gasteiger partial charge on any atom is -0.378 e. The van der Waals surface area contributed by atoms with E-state index < -0.39 is 0 Å². The zero-order chi connectivity index (χ0) is 15.5. The molecular weight excluding hydrogens is 280 g/mol. The molecule has 118 valence electrons. The Labute approximate surface area is 130 Å². The number of hydrogen-bond acceptors (Lipinski definition) is 6. The van der Waals surface area contributed by atoms with E-state index in [-0.39, 0.29) is 0 Å². The molecule has 0 amide bonds. The van der Waals surface area contributed by atoms with Crippen LogP contribution in [0.1, 0.15) is 37.1 Å². The van der Waals surface area contributed by atoms with Crippen LogP contribution in [-0.2, 0) is 24.3 Å². The summed E-state index contributed by atoms with van der Waals surface area (Å²) in [4.78, 5) is 10.9. The first kappa shape index (κ1) is 14.9. The van der Waals surface area contributed by atoms with E-state index in [1.807, 2.05) is 6.07 Å². The fourth-order valence-electron chi connectivity index (χ4n) is 2.79. The quantitative estimate of drug-likeness (QED) is 0.850. The highest BCUT2D eigenvalue weighted by molar-refractivity contribution is 5.39. The lowest BCUT2D eigenvalue weighted by atomic mass is 10.2. The molecule has 3 heterocycles. The van der Waals surface area contributed by atoms with E-state index >= 15 is 0 Å². The molecular formula is C15H22N6O. The number of ether oxygens (including phenoxy) is 1. The predicted molar refractivity (Wildman–Crippen MR) is 82.8 cm³/mol. The number of hydrogen-bond donors (Lipinski definition) is 0. The Balaban J connectivity index is 1.78. The van der Waals surface area contributed by atoms with Crippen molar-refractivity contribution in [3.8, 4) is 0 Å². The third-order valence-electron chi connectivity index (χ3n) is 3.90. The number of aromatic nitrogens is 5. The lowest BCUT2D eigenvalue weighted by Crippen LogP contribution is -2.28. The first-order chi connectivity index (χ1) is 10.7. The lowest BCUT2D eigenvalue weighted by Gasteiger charge is -2.21. The normalized spacial score (nSPS) is 15.0. The van der Waals surface area contributed by atoms with Crippen LogP contribution in [0.4, 0.5) is 5.82 Å². The van der Waals surface area contributed by atoms with E-state index in [0.29, 0.717) is 12.5 Å². The fourth-order valence-corrected chi connectivity index (χ4v) is 2.79. The lowest BCUT2D eigenvalue weighted by molar-refractivity contribution is 0.181. The highest BCUT2D eigenvalue weighted by Crippen LogP contribution is 2.19. The number of anilines is 1. The van der Waals surface area contributed by atoms with Crippen molar-refractivity contribution >= 4 is 5.82 Å². The molecule has 1 aliphatic heterocycles. The largest absolute Gasteiger partial charge is 0.378 e. The number of rotatable bonds is 4. The van der Waals surface area contributed by atoms with Crippen LogP contribution >= 0.6 is 0 Å². The summed E-state index contributed by atoms with van der Waals surface area (Å²) < 4.78 is 7.40. The fraction of sp³-hybridized carbons (Fsp3) is 0.600. The molecule has 22 heavy (non-hydrogen) atoms. The maximum Gasteiger partial charge on any atom is 0.135 e. The summed E-state index contributed by atoms with van der Waals surface area (Å²) in [6.45, 7) is 7.49. The van der Waals surface area contributed by atoms with Crippen molar-refractivity contribution in [1.29, 1.82) is 0 Å². The van der Waals surface area contributed by atoms with Gasteiger partial charge in [-0.15, -0.1) is 10.2 Å². The van der Waals surface area contributed by atoms with Gasteiger partial charge in [0.2, 0.25) is 0 Å². The zero-order valence-electron chi connectivity index (χ0n) is 13.4. The maximum absolute atomic E-state index is 5.14. The van der Waals surface area contributed by atoms with Crippen LogP contribution in [0, 0.1) is 0 Å². The Morgan fingerprint density at radius 1 is 1.18 bits per heavy atom. The van der Waals surface area contributed by atoms with E-state index in [1.165, 1.54) is 0 Å². The molecule has 0 aromatic carbocycles. The second-order valence-corrected chi connectivity index (χ2v) is 5.82. The molecule has 0 fully saturated rings. The number of methoxy groups -OCH3 is 1. The molecule has 3 rings (SSSR count). The minimum atomic E-state index is 0.389. The van der Waals surface area contributed by atoms with Gasteiger partial charge in [0.05, 0.1) is 12.3 Å². The summed E-state index contributed by atoms with van der Waals surface area (Å²) >= 11 is 0. The average Bonchev–Trinajstić information content (AvgIpc) is 2.80. The van der Waals surface area contributed by atoms with Crippen molar-refractivity contribution in [1.82, 2.24) is 24.7 Å². The summed E-state index contributed by atoms with van der Waals surface area (Å²) in [6.07, 6.45) is 2.48. The van der Waals surface area contributed by atoms with Gasteiger partial charge >= 0.3 is 0 Å². The molecule has 0 bridgehead atoms. The third kappa shape index (κ3) is 2.94. The molecule has 2 aromatic heterocycles. The van der Waals surface area contributed by atoms with Crippen LogP contribution in [-0.4, -0.2) is 44.9 Å². The zero-order valence-corrected chi connectivity index (χ0v) is 13.4. The highest BCUT2D eigenvalue weighted by atomic mass is 16.5. The van der Waals surface area contributed by atoms with Gasteiger partial charge in [0.1, 0.15) is 23.8 Å². The minimum absolute atomic E-state index is 0.389. The molecule has 2 aromatic rings. The van der Waals surface area contributed by atoms with Gasteiger partial charge in [-0.1, -0.05) is 13.8 Å². The van der Waals surface area contributed by atoms with Crippen LogP contribution < -0.4 is 4.90 Å². The SMILES string of the molecule is COCc1cc(N2CCc3nnc(C(C)C)n3CC2)ncn1. The first-order valence-corrected chi connectivity index (χ1v) is 7.66. The Morgan fingerprint density at radius 2 is 2.05 bits per heavy atom. The third-order valence-corrected chi connectivity index (χ3v) is 3.90. The smallest absolute Gasteiger partial charge is 0.135 e. The van der Waals surface area contributed by atoms with Gasteiger partial charge in [0.15, 0.2) is 0 Å². The summed E-state index contributed by atoms with van der Waals surface area (Å²) in [5.74, 6) is 3.48. The van der Waals surface area contributed by atoms with Crippen LogP contribution in [0.25, 0.3) is 0 Å². The molecule has 0 spiro atoms. The Morgan fingerprint density at radius 3 is 2.82 bits per heavy atom. The molecule has 0 aliphatic carbocycles. The summed E-state index contributed by atoms with van der Waals surface area (Å²) in [5.41, 5.74) is 0.902. The van der Waals surface area contributed by atoms with Gasteiger partial charge < -0.3 is 14.2 Å². The molecule has 0 radical (unpaired) electrons. The van der Waals surface area contributed by atoms with Gasteiger partial charge in [-0.05, 0) is 0 Å². The van der Waals surface area contributed by atoms with Crippen LogP contribution in [0.15, 0.2) is 12.4 Å². The first-order valence-electron chi connectivity index (χ1n) is 7.66. The molecule has 7 heteroatoms. The second kappa shape index (κ2) is 6.39. The average molecular weight is 302 g/mol. The molecule has 7 nitrogen and oxygen atoms in total. The topological polar surface area (TPSA) is 69.0 Å². The van der Waals surface area contributed by atoms with Gasteiger partial charge in [-0.25, -0.2) is 9.97 Å². The summed E-state index contributed by atoms with van der Waals surface area (Å²) in [6, 6.07) is 2.00. The Hall–Kier alpha value is -2.02. The van der Waals surface area contributed by atoms with Crippen LogP contribution in [0.5, 0.6) is 0 Å². The summed E-state index contributed by atoms with van der Waals surface area (Å²) in [5, 5.41) is 8.67. The number of nitrogens with zero attached hydrogens (tertiary/aromatic N) is 6. The maximum atomic E-state index is 5.14. The highest BCUT2D eigenvalue weighted by Gasteiger charge is 2.20. The van der Waals surface area contributed by atoms with Gasteiger partial charge in [-0.2, -0.15) is 0 Å².